The maximum absolute atomic E-state index is 13.8. The average molecular weight is 495 g/mol. The summed E-state index contributed by atoms with van der Waals surface area (Å²) in [4.78, 5) is 17.0. The fraction of sp³-hybridized carbons (Fsp3) is 0.393. The average Bonchev–Trinajstić information content (AvgIpc) is 3.55. The molecule has 0 aliphatic carbocycles. The molecule has 2 fully saturated rings. The lowest BCUT2D eigenvalue weighted by Crippen LogP contribution is -2.47. The standard InChI is InChI=1S/C28H31FN2O5/c1-33-24-7-5-21(6-8-24)18-30(19-22-3-2-4-23(29)17-22)20-25-9-10-26(36-25)27(32)31-13-11-28(12-14-31)34-15-16-35-28/h2-10,17H,11-16,18-20H2,1H3. The maximum Gasteiger partial charge on any atom is 0.289 e. The van der Waals surface area contributed by atoms with Crippen molar-refractivity contribution >= 4 is 5.91 Å². The molecule has 0 saturated carbocycles. The van der Waals surface area contributed by atoms with Gasteiger partial charge in [-0.25, -0.2) is 4.39 Å². The molecule has 1 aromatic heterocycles. The van der Waals surface area contributed by atoms with Gasteiger partial charge in [0.15, 0.2) is 11.5 Å². The van der Waals surface area contributed by atoms with E-state index in [2.05, 4.69) is 4.90 Å². The number of carbonyl (C=O) groups excluding carboxylic acids is 1. The van der Waals surface area contributed by atoms with Crippen molar-refractivity contribution in [1.82, 2.24) is 9.80 Å². The zero-order valence-electron chi connectivity index (χ0n) is 20.5. The van der Waals surface area contributed by atoms with Crippen LogP contribution in [0, 0.1) is 5.82 Å². The van der Waals surface area contributed by atoms with Crippen molar-refractivity contribution in [3.05, 3.63) is 89.1 Å². The number of amides is 1. The quantitative estimate of drug-likeness (QED) is 0.456. The van der Waals surface area contributed by atoms with Gasteiger partial charge in [-0.1, -0.05) is 24.3 Å². The van der Waals surface area contributed by atoms with E-state index >= 15 is 0 Å². The Morgan fingerprint density at radius 2 is 1.69 bits per heavy atom. The Labute approximate surface area is 210 Å². The second-order valence-corrected chi connectivity index (χ2v) is 9.29. The number of hydrogen-bond donors (Lipinski definition) is 0. The van der Waals surface area contributed by atoms with Crippen LogP contribution in [0.3, 0.4) is 0 Å². The lowest BCUT2D eigenvalue weighted by Gasteiger charge is -2.37. The van der Waals surface area contributed by atoms with Gasteiger partial charge in [-0.2, -0.15) is 0 Å². The molecular formula is C28H31FN2O5. The fourth-order valence-corrected chi connectivity index (χ4v) is 4.84. The van der Waals surface area contributed by atoms with Crippen molar-refractivity contribution < 1.29 is 27.8 Å². The Morgan fingerprint density at radius 1 is 0.972 bits per heavy atom. The molecule has 1 spiro atoms. The van der Waals surface area contributed by atoms with E-state index in [1.165, 1.54) is 6.07 Å². The monoisotopic (exact) mass is 494 g/mol. The maximum atomic E-state index is 13.8. The molecule has 0 radical (unpaired) electrons. The number of hydrogen-bond acceptors (Lipinski definition) is 6. The van der Waals surface area contributed by atoms with Crippen LogP contribution in [0.4, 0.5) is 4.39 Å². The van der Waals surface area contributed by atoms with Crippen molar-refractivity contribution in [3.63, 3.8) is 0 Å². The van der Waals surface area contributed by atoms with Crippen LogP contribution in [0.25, 0.3) is 0 Å². The lowest BCUT2D eigenvalue weighted by molar-refractivity contribution is -0.181. The molecule has 0 N–H and O–H groups in total. The minimum Gasteiger partial charge on any atom is -0.497 e. The molecule has 190 valence electrons. The highest BCUT2D eigenvalue weighted by Gasteiger charge is 2.41. The molecular weight excluding hydrogens is 463 g/mol. The smallest absolute Gasteiger partial charge is 0.289 e. The SMILES string of the molecule is COc1ccc(CN(Cc2cccc(F)c2)Cc2ccc(C(=O)N3CCC4(CC3)OCCO4)o2)cc1. The summed E-state index contributed by atoms with van der Waals surface area (Å²) in [5.74, 6) is 0.882. The van der Waals surface area contributed by atoms with Crippen LogP contribution >= 0.6 is 0 Å². The molecule has 0 atom stereocenters. The normalized spacial score (nSPS) is 17.1. The Kier molecular flexibility index (Phi) is 7.36. The molecule has 7 nitrogen and oxygen atoms in total. The number of carbonyl (C=O) groups is 1. The van der Waals surface area contributed by atoms with Gasteiger partial charge in [0, 0.05) is 39.0 Å². The molecule has 2 aromatic carbocycles. The Balaban J connectivity index is 1.26. The predicted octanol–water partition coefficient (Wildman–Crippen LogP) is 4.61. The number of ether oxygens (including phenoxy) is 3. The van der Waals surface area contributed by atoms with Gasteiger partial charge in [-0.15, -0.1) is 0 Å². The van der Waals surface area contributed by atoms with Crippen LogP contribution in [-0.2, 0) is 29.1 Å². The third-order valence-corrected chi connectivity index (χ3v) is 6.74. The van der Waals surface area contributed by atoms with Crippen LogP contribution in [0.15, 0.2) is 65.1 Å². The van der Waals surface area contributed by atoms with Crippen molar-refractivity contribution in [2.75, 3.05) is 33.4 Å². The Hall–Kier alpha value is -3.20. The first-order valence-corrected chi connectivity index (χ1v) is 12.3. The van der Waals surface area contributed by atoms with E-state index < -0.39 is 5.79 Å². The van der Waals surface area contributed by atoms with Crippen LogP contribution in [0.5, 0.6) is 5.75 Å². The first-order valence-electron chi connectivity index (χ1n) is 12.3. The highest BCUT2D eigenvalue weighted by Crippen LogP contribution is 2.32. The van der Waals surface area contributed by atoms with Crippen LogP contribution < -0.4 is 4.74 Å². The molecule has 2 saturated heterocycles. The van der Waals surface area contributed by atoms with E-state index in [1.54, 1.807) is 30.2 Å². The summed E-state index contributed by atoms with van der Waals surface area (Å²) in [6.45, 7) is 3.98. The van der Waals surface area contributed by atoms with Crippen molar-refractivity contribution in [2.45, 2.75) is 38.3 Å². The number of likely N-dealkylation sites (tertiary alicyclic amines) is 1. The third-order valence-electron chi connectivity index (χ3n) is 6.74. The predicted molar refractivity (Wildman–Crippen MR) is 131 cm³/mol. The number of benzene rings is 2. The number of methoxy groups -OCH3 is 1. The van der Waals surface area contributed by atoms with Crippen molar-refractivity contribution in [3.8, 4) is 5.75 Å². The van der Waals surface area contributed by atoms with Gasteiger partial charge in [0.2, 0.25) is 0 Å². The lowest BCUT2D eigenvalue weighted by atomic mass is 10.0. The van der Waals surface area contributed by atoms with Crippen molar-refractivity contribution in [1.29, 1.82) is 0 Å². The fourth-order valence-electron chi connectivity index (χ4n) is 4.84. The summed E-state index contributed by atoms with van der Waals surface area (Å²) >= 11 is 0. The molecule has 0 bridgehead atoms. The van der Waals surface area contributed by atoms with Crippen LogP contribution in [-0.4, -0.2) is 54.9 Å². The highest BCUT2D eigenvalue weighted by molar-refractivity contribution is 5.91. The van der Waals surface area contributed by atoms with Gasteiger partial charge in [0.25, 0.3) is 5.91 Å². The number of nitrogens with zero attached hydrogens (tertiary/aromatic N) is 2. The zero-order valence-corrected chi connectivity index (χ0v) is 20.5. The summed E-state index contributed by atoms with van der Waals surface area (Å²) in [6.07, 6.45) is 1.32. The van der Waals surface area contributed by atoms with Gasteiger partial charge in [0.05, 0.1) is 26.9 Å². The van der Waals surface area contributed by atoms with E-state index in [0.717, 1.165) is 16.9 Å². The van der Waals surface area contributed by atoms with E-state index in [1.807, 2.05) is 36.4 Å². The highest BCUT2D eigenvalue weighted by atomic mass is 19.1. The van der Waals surface area contributed by atoms with Crippen LogP contribution in [0.1, 0.15) is 40.3 Å². The van der Waals surface area contributed by atoms with E-state index in [-0.39, 0.29) is 11.7 Å². The first kappa shape index (κ1) is 24.5. The van der Waals surface area contributed by atoms with Gasteiger partial charge >= 0.3 is 0 Å². The van der Waals surface area contributed by atoms with Gasteiger partial charge < -0.3 is 23.5 Å². The minimum absolute atomic E-state index is 0.124. The summed E-state index contributed by atoms with van der Waals surface area (Å²) in [6, 6.07) is 18.0. The first-order chi connectivity index (χ1) is 17.5. The third kappa shape index (κ3) is 5.78. The largest absolute Gasteiger partial charge is 0.497 e. The van der Waals surface area contributed by atoms with E-state index in [4.69, 9.17) is 18.6 Å². The molecule has 0 unspecified atom stereocenters. The van der Waals surface area contributed by atoms with E-state index in [9.17, 15) is 9.18 Å². The summed E-state index contributed by atoms with van der Waals surface area (Å²) in [5.41, 5.74) is 1.96. The Morgan fingerprint density at radius 3 is 2.39 bits per heavy atom. The molecule has 8 heteroatoms. The van der Waals surface area contributed by atoms with Gasteiger partial charge in [-0.05, 0) is 47.5 Å². The second-order valence-electron chi connectivity index (χ2n) is 9.29. The van der Waals surface area contributed by atoms with Crippen LogP contribution in [0.2, 0.25) is 0 Å². The van der Waals surface area contributed by atoms with Gasteiger partial charge in [-0.3, -0.25) is 9.69 Å². The summed E-state index contributed by atoms with van der Waals surface area (Å²) < 4.78 is 36.6. The number of halogens is 1. The number of piperidine rings is 1. The minimum atomic E-state index is -0.524. The number of rotatable bonds is 8. The Bertz CT molecular complexity index is 1160. The van der Waals surface area contributed by atoms with E-state index in [0.29, 0.717) is 70.3 Å². The zero-order chi connectivity index (χ0) is 25.0. The number of furan rings is 1. The summed E-state index contributed by atoms with van der Waals surface area (Å²) in [5, 5.41) is 0. The molecule has 36 heavy (non-hydrogen) atoms. The summed E-state index contributed by atoms with van der Waals surface area (Å²) in [7, 11) is 1.64. The molecule has 5 rings (SSSR count). The second kappa shape index (κ2) is 10.8. The molecule has 3 aromatic rings. The molecule has 2 aliphatic rings. The van der Waals surface area contributed by atoms with Crippen molar-refractivity contribution in [2.24, 2.45) is 0 Å². The van der Waals surface area contributed by atoms with Gasteiger partial charge in [0.1, 0.15) is 17.3 Å². The molecule has 1 amide bonds. The molecule has 2 aliphatic heterocycles. The topological polar surface area (TPSA) is 64.4 Å². The molecule has 3 heterocycles.